The van der Waals surface area contributed by atoms with E-state index in [9.17, 15) is 38.1 Å². The molecule has 3 N–H and O–H groups in total. The molecule has 0 saturated heterocycles. The maximum atomic E-state index is 12.7. The van der Waals surface area contributed by atoms with Crippen LogP contribution in [0.4, 0.5) is 13.2 Å². The molecule has 32 heavy (non-hydrogen) atoms. The highest BCUT2D eigenvalue weighted by Crippen LogP contribution is 2.33. The van der Waals surface area contributed by atoms with E-state index in [-0.39, 0.29) is 16.7 Å². The molecule has 0 radical (unpaired) electrons. The van der Waals surface area contributed by atoms with Gasteiger partial charge in [0, 0.05) is 12.3 Å². The van der Waals surface area contributed by atoms with Gasteiger partial charge in [-0.05, 0) is 19.1 Å². The lowest BCUT2D eigenvalue weighted by Gasteiger charge is -2.23. The van der Waals surface area contributed by atoms with E-state index in [0.717, 1.165) is 18.3 Å². The monoisotopic (exact) mass is 461 g/mol. The molecule has 2 aromatic heterocycles. The number of aliphatic hydroxyl groups is 3. The lowest BCUT2D eigenvalue weighted by atomic mass is 10.2. The Morgan fingerprint density at radius 3 is 2.56 bits per heavy atom. The first-order valence-corrected chi connectivity index (χ1v) is 9.09. The molecule has 0 aliphatic heterocycles. The first-order chi connectivity index (χ1) is 15.0. The van der Waals surface area contributed by atoms with Crippen molar-refractivity contribution in [3.05, 3.63) is 57.0 Å². The summed E-state index contributed by atoms with van der Waals surface area (Å²) in [7, 11) is 0. The van der Waals surface area contributed by atoms with Gasteiger partial charge >= 0.3 is 12.1 Å². The van der Waals surface area contributed by atoms with E-state index in [0.29, 0.717) is 9.13 Å². The van der Waals surface area contributed by atoms with Crippen LogP contribution in [-0.2, 0) is 11.3 Å². The molecule has 3 aromatic rings. The van der Waals surface area contributed by atoms with E-state index >= 15 is 0 Å². The summed E-state index contributed by atoms with van der Waals surface area (Å²) in [5, 5.41) is 32.3. The highest BCUT2D eigenvalue weighted by molar-refractivity contribution is 5.86. The zero-order valence-corrected chi connectivity index (χ0v) is 16.4. The van der Waals surface area contributed by atoms with Crippen molar-refractivity contribution in [2.75, 3.05) is 6.61 Å². The van der Waals surface area contributed by atoms with E-state index in [1.54, 1.807) is 0 Å². The molecule has 0 aliphatic carbocycles. The van der Waals surface area contributed by atoms with Gasteiger partial charge < -0.3 is 29.3 Å². The van der Waals surface area contributed by atoms with Crippen LogP contribution in [0.25, 0.3) is 11.0 Å². The van der Waals surface area contributed by atoms with Crippen LogP contribution in [-0.4, -0.2) is 54.8 Å². The first-order valence-electron chi connectivity index (χ1n) is 9.09. The van der Waals surface area contributed by atoms with E-state index in [4.69, 9.17) is 9.26 Å². The zero-order valence-electron chi connectivity index (χ0n) is 16.4. The molecule has 0 aliphatic rings. The number of fused-ring (bicyclic) bond motifs is 1. The van der Waals surface area contributed by atoms with Crippen LogP contribution in [0.15, 0.2) is 44.6 Å². The fraction of sp³-hybridized carbons (Fsp3) is 0.389. The minimum absolute atomic E-state index is 0.0721. The van der Waals surface area contributed by atoms with Gasteiger partial charge in [-0.2, -0.15) is 0 Å². The van der Waals surface area contributed by atoms with Crippen molar-refractivity contribution in [1.29, 1.82) is 0 Å². The van der Waals surface area contributed by atoms with Crippen LogP contribution in [0.5, 0.6) is 5.75 Å². The van der Waals surface area contributed by atoms with Gasteiger partial charge in [0.25, 0.3) is 5.56 Å². The number of aromatic nitrogens is 3. The Balaban J connectivity index is 2.00. The quantitative estimate of drug-likeness (QED) is 0.403. The number of halogens is 3. The third-order valence-electron chi connectivity index (χ3n) is 4.41. The van der Waals surface area contributed by atoms with Crippen LogP contribution in [0.3, 0.4) is 0 Å². The molecule has 3 atom stereocenters. The van der Waals surface area contributed by atoms with Gasteiger partial charge in [-0.3, -0.25) is 13.9 Å². The van der Waals surface area contributed by atoms with Crippen LogP contribution in [0.2, 0.25) is 0 Å². The van der Waals surface area contributed by atoms with Gasteiger partial charge in [0.15, 0.2) is 5.58 Å². The van der Waals surface area contributed by atoms with E-state index in [2.05, 4.69) is 9.89 Å². The van der Waals surface area contributed by atoms with Crippen LogP contribution in [0.1, 0.15) is 19.0 Å². The standard InChI is InChI=1S/C18H18F3N3O8/c1-9(26)13(8-25)30-17(29)23-6-5-14(27)24(16(23)28)7-10-15-11(31-18(19,20)21)3-2-4-12(15)32-22-10/h2-6,9,13,17,25-26,29H,7-8H2,1H3/t9-,13-,17+/m1/s1. The van der Waals surface area contributed by atoms with Gasteiger partial charge in [-0.15, -0.1) is 13.2 Å². The second-order valence-electron chi connectivity index (χ2n) is 6.66. The molecule has 1 aromatic carbocycles. The maximum Gasteiger partial charge on any atom is 0.573 e. The number of ether oxygens (including phenoxy) is 2. The van der Waals surface area contributed by atoms with Crippen molar-refractivity contribution in [3.63, 3.8) is 0 Å². The van der Waals surface area contributed by atoms with Gasteiger partial charge in [-0.1, -0.05) is 11.2 Å². The Hall–Kier alpha value is -3.20. The molecule has 0 fully saturated rings. The normalized spacial score (nSPS) is 15.0. The van der Waals surface area contributed by atoms with Crippen molar-refractivity contribution >= 4 is 11.0 Å². The summed E-state index contributed by atoms with van der Waals surface area (Å²) in [4.78, 5) is 25.0. The minimum Gasteiger partial charge on any atom is -0.405 e. The SMILES string of the molecule is C[C@@H](O)[C@@H](CO)O[C@H](O)n1ccc(=O)n(Cc2noc3cccc(OC(F)(F)F)c23)c1=O. The Bertz CT molecular complexity index is 1200. The molecule has 0 bridgehead atoms. The summed E-state index contributed by atoms with van der Waals surface area (Å²) in [6, 6.07) is 4.49. The van der Waals surface area contributed by atoms with Crippen LogP contribution in [0, 0.1) is 0 Å². The Kier molecular flexibility index (Phi) is 6.68. The molecule has 3 rings (SSSR count). The molecule has 2 heterocycles. The zero-order chi connectivity index (χ0) is 23.6. The van der Waals surface area contributed by atoms with E-state index < -0.39 is 55.1 Å². The summed E-state index contributed by atoms with van der Waals surface area (Å²) in [6.45, 7) is -0.0000959. The van der Waals surface area contributed by atoms with Gasteiger partial charge in [0.05, 0.1) is 24.6 Å². The summed E-state index contributed by atoms with van der Waals surface area (Å²) in [5.41, 5.74) is -2.22. The highest BCUT2D eigenvalue weighted by Gasteiger charge is 2.33. The second-order valence-corrected chi connectivity index (χ2v) is 6.66. The van der Waals surface area contributed by atoms with Crippen LogP contribution < -0.4 is 16.0 Å². The van der Waals surface area contributed by atoms with Crippen molar-refractivity contribution in [3.8, 4) is 5.75 Å². The predicted octanol–water partition coefficient (Wildman–Crippen LogP) is 0.305. The average molecular weight is 461 g/mol. The molecule has 0 spiro atoms. The number of aliphatic hydroxyl groups excluding tert-OH is 3. The summed E-state index contributed by atoms with van der Waals surface area (Å²) in [6.07, 6.45) is -8.50. The largest absolute Gasteiger partial charge is 0.573 e. The van der Waals surface area contributed by atoms with Crippen molar-refractivity contribution in [2.24, 2.45) is 0 Å². The summed E-state index contributed by atoms with van der Waals surface area (Å²) >= 11 is 0. The topological polar surface area (TPSA) is 149 Å². The van der Waals surface area contributed by atoms with Crippen LogP contribution >= 0.6 is 0 Å². The number of rotatable bonds is 8. The van der Waals surface area contributed by atoms with Crippen molar-refractivity contribution in [1.82, 2.24) is 14.3 Å². The fourth-order valence-electron chi connectivity index (χ4n) is 2.87. The molecule has 0 amide bonds. The molecule has 0 unspecified atom stereocenters. The smallest absolute Gasteiger partial charge is 0.405 e. The van der Waals surface area contributed by atoms with Gasteiger partial charge in [0.1, 0.15) is 17.5 Å². The number of hydrogen-bond donors (Lipinski definition) is 3. The van der Waals surface area contributed by atoms with Crippen molar-refractivity contribution < 1.29 is 42.5 Å². The summed E-state index contributed by atoms with van der Waals surface area (Å²) in [5.74, 6) is -0.637. The molecular weight excluding hydrogens is 443 g/mol. The summed E-state index contributed by atoms with van der Waals surface area (Å²) < 4.78 is 53.3. The highest BCUT2D eigenvalue weighted by atomic mass is 19.4. The Morgan fingerprint density at radius 2 is 1.94 bits per heavy atom. The third kappa shape index (κ3) is 4.99. The molecule has 11 nitrogen and oxygen atoms in total. The third-order valence-corrected chi connectivity index (χ3v) is 4.41. The first kappa shape index (κ1) is 23.5. The van der Waals surface area contributed by atoms with Gasteiger partial charge in [-0.25, -0.2) is 4.79 Å². The second kappa shape index (κ2) is 9.12. The Labute approximate surface area is 176 Å². The average Bonchev–Trinajstić information content (AvgIpc) is 3.11. The number of benzene rings is 1. The minimum atomic E-state index is -5.01. The maximum absolute atomic E-state index is 12.7. The predicted molar refractivity (Wildman–Crippen MR) is 99.7 cm³/mol. The Morgan fingerprint density at radius 1 is 1.22 bits per heavy atom. The molecular formula is C18H18F3N3O8. The molecule has 174 valence electrons. The van der Waals surface area contributed by atoms with Gasteiger partial charge in [0.2, 0.25) is 6.41 Å². The number of nitrogens with zero attached hydrogens (tertiary/aromatic N) is 3. The lowest BCUT2D eigenvalue weighted by molar-refractivity contribution is -0.274. The van der Waals surface area contributed by atoms with E-state index in [1.807, 2.05) is 0 Å². The molecule has 0 saturated carbocycles. The number of hydrogen-bond acceptors (Lipinski definition) is 9. The fourth-order valence-corrected chi connectivity index (χ4v) is 2.87. The molecule has 14 heteroatoms. The van der Waals surface area contributed by atoms with Crippen molar-refractivity contribution in [2.45, 2.75) is 38.5 Å². The number of alkyl halides is 3. The lowest BCUT2D eigenvalue weighted by Crippen LogP contribution is -2.43. The van der Waals surface area contributed by atoms with E-state index in [1.165, 1.54) is 19.1 Å².